The highest BCUT2D eigenvalue weighted by Crippen LogP contribution is 2.09. The lowest BCUT2D eigenvalue weighted by Crippen LogP contribution is -2.38. The van der Waals surface area contributed by atoms with E-state index in [4.69, 9.17) is 0 Å². The van der Waals surface area contributed by atoms with Crippen LogP contribution in [0.15, 0.2) is 0 Å². The quantitative estimate of drug-likeness (QED) is 0.567. The predicted octanol–water partition coefficient (Wildman–Crippen LogP) is 0.0438. The number of hydrazine groups is 1. The minimum Gasteiger partial charge on any atom is -0.288 e. The Balaban J connectivity index is 2.19. The smallest absolute Gasteiger partial charge is 0.231 e. The van der Waals surface area contributed by atoms with Crippen LogP contribution < -0.4 is 5.43 Å². The Morgan fingerprint density at radius 1 is 1.78 bits per heavy atom. The molecule has 0 aromatic rings. The largest absolute Gasteiger partial charge is 0.288 e. The molecule has 0 aromatic heterocycles. The molecule has 1 rings (SSSR count). The molecule has 0 bridgehead atoms. The van der Waals surface area contributed by atoms with Crippen molar-refractivity contribution in [3.63, 3.8) is 0 Å². The number of hydrogen-bond acceptors (Lipinski definition) is 3. The van der Waals surface area contributed by atoms with Crippen molar-refractivity contribution < 1.29 is 4.79 Å². The van der Waals surface area contributed by atoms with Crippen LogP contribution in [0.3, 0.4) is 0 Å². The standard InChI is InChI=1S/C5H10N2OS/c1-5(8)6-7-2-3-9-4-7/h2-4H2,1H3,(H,6,8). The number of rotatable bonds is 1. The van der Waals surface area contributed by atoms with Gasteiger partial charge in [-0.2, -0.15) is 0 Å². The summed E-state index contributed by atoms with van der Waals surface area (Å²) in [6.45, 7) is 2.51. The second-order valence-electron chi connectivity index (χ2n) is 1.97. The molecule has 0 saturated carbocycles. The van der Waals surface area contributed by atoms with Gasteiger partial charge in [-0.25, -0.2) is 5.01 Å². The highest BCUT2D eigenvalue weighted by atomic mass is 32.2. The van der Waals surface area contributed by atoms with Gasteiger partial charge in [0, 0.05) is 19.2 Å². The fourth-order valence-electron chi connectivity index (χ4n) is 0.725. The van der Waals surface area contributed by atoms with E-state index >= 15 is 0 Å². The Morgan fingerprint density at radius 3 is 3.00 bits per heavy atom. The number of hydrogen-bond donors (Lipinski definition) is 1. The first-order chi connectivity index (χ1) is 4.29. The first-order valence-corrected chi connectivity index (χ1v) is 4.04. The molecule has 3 nitrogen and oxygen atoms in total. The first kappa shape index (κ1) is 6.89. The molecule has 1 saturated heterocycles. The topological polar surface area (TPSA) is 32.3 Å². The molecule has 1 amide bonds. The molecule has 0 aliphatic carbocycles. The maximum Gasteiger partial charge on any atom is 0.231 e. The molecule has 1 fully saturated rings. The summed E-state index contributed by atoms with van der Waals surface area (Å²) in [5.74, 6) is 2.08. The van der Waals surface area contributed by atoms with Gasteiger partial charge < -0.3 is 0 Å². The van der Waals surface area contributed by atoms with Crippen LogP contribution in [0.1, 0.15) is 6.92 Å². The Morgan fingerprint density at radius 2 is 2.56 bits per heavy atom. The minimum atomic E-state index is 0.0255. The van der Waals surface area contributed by atoms with Crippen LogP contribution in [-0.4, -0.2) is 29.1 Å². The summed E-state index contributed by atoms with van der Waals surface area (Å²) in [7, 11) is 0. The van der Waals surface area contributed by atoms with Crippen molar-refractivity contribution in [3.05, 3.63) is 0 Å². The van der Waals surface area contributed by atoms with Gasteiger partial charge in [-0.1, -0.05) is 0 Å². The van der Waals surface area contributed by atoms with Crippen LogP contribution in [0, 0.1) is 0 Å². The number of thioether (sulfide) groups is 1. The Labute approximate surface area is 58.8 Å². The lowest BCUT2D eigenvalue weighted by Gasteiger charge is -2.12. The van der Waals surface area contributed by atoms with Gasteiger partial charge in [0.1, 0.15) is 0 Å². The summed E-state index contributed by atoms with van der Waals surface area (Å²) >= 11 is 1.84. The van der Waals surface area contributed by atoms with E-state index in [2.05, 4.69) is 5.43 Å². The number of nitrogens with one attached hydrogen (secondary N) is 1. The third kappa shape index (κ3) is 2.24. The molecule has 4 heteroatoms. The molecule has 1 aliphatic rings. The molecule has 0 spiro atoms. The highest BCUT2D eigenvalue weighted by Gasteiger charge is 2.11. The van der Waals surface area contributed by atoms with Gasteiger partial charge in [0.2, 0.25) is 5.91 Å². The van der Waals surface area contributed by atoms with Crippen molar-refractivity contribution in [1.29, 1.82) is 0 Å². The monoisotopic (exact) mass is 146 g/mol. The van der Waals surface area contributed by atoms with Crippen LogP contribution in [0.25, 0.3) is 0 Å². The molecule has 1 aliphatic heterocycles. The molecule has 9 heavy (non-hydrogen) atoms. The van der Waals surface area contributed by atoms with Crippen molar-refractivity contribution in [2.24, 2.45) is 0 Å². The summed E-state index contributed by atoms with van der Waals surface area (Å²) in [6, 6.07) is 0. The van der Waals surface area contributed by atoms with Gasteiger partial charge in [-0.05, 0) is 0 Å². The normalized spacial score (nSPS) is 20.1. The third-order valence-corrected chi connectivity index (χ3v) is 2.03. The molecule has 1 heterocycles. The second kappa shape index (κ2) is 3.08. The van der Waals surface area contributed by atoms with Gasteiger partial charge in [-0.15, -0.1) is 11.8 Å². The zero-order valence-corrected chi connectivity index (χ0v) is 6.20. The van der Waals surface area contributed by atoms with E-state index in [0.29, 0.717) is 0 Å². The fourth-order valence-corrected chi connectivity index (χ4v) is 1.62. The van der Waals surface area contributed by atoms with Crippen LogP contribution in [0.4, 0.5) is 0 Å². The highest BCUT2D eigenvalue weighted by molar-refractivity contribution is 7.99. The van der Waals surface area contributed by atoms with Gasteiger partial charge >= 0.3 is 0 Å². The van der Waals surface area contributed by atoms with Crippen LogP contribution in [0.5, 0.6) is 0 Å². The Hall–Kier alpha value is -0.220. The van der Waals surface area contributed by atoms with E-state index in [9.17, 15) is 4.79 Å². The molecule has 0 atom stereocenters. The zero-order chi connectivity index (χ0) is 6.69. The van der Waals surface area contributed by atoms with E-state index in [1.165, 1.54) is 6.92 Å². The van der Waals surface area contributed by atoms with Crippen molar-refractivity contribution in [1.82, 2.24) is 10.4 Å². The first-order valence-electron chi connectivity index (χ1n) is 2.89. The average Bonchev–Trinajstić information content (AvgIpc) is 2.15. The third-order valence-electron chi connectivity index (χ3n) is 1.07. The fraction of sp³-hybridized carbons (Fsp3) is 0.800. The lowest BCUT2D eigenvalue weighted by atomic mass is 10.7. The summed E-state index contributed by atoms with van der Waals surface area (Å²) < 4.78 is 0. The molecule has 52 valence electrons. The van der Waals surface area contributed by atoms with E-state index < -0.39 is 0 Å². The molecule has 0 radical (unpaired) electrons. The van der Waals surface area contributed by atoms with Gasteiger partial charge in [0.15, 0.2) is 0 Å². The number of amides is 1. The number of carbonyl (C=O) groups excluding carboxylic acids is 1. The van der Waals surface area contributed by atoms with E-state index in [0.717, 1.165) is 18.2 Å². The Kier molecular flexibility index (Phi) is 2.36. The maximum absolute atomic E-state index is 10.4. The second-order valence-corrected chi connectivity index (χ2v) is 3.04. The molecular weight excluding hydrogens is 136 g/mol. The summed E-state index contributed by atoms with van der Waals surface area (Å²) in [5, 5.41) is 1.92. The van der Waals surface area contributed by atoms with E-state index in [1.54, 1.807) is 0 Å². The van der Waals surface area contributed by atoms with Crippen LogP contribution in [0.2, 0.25) is 0 Å². The van der Waals surface area contributed by atoms with Crippen molar-refractivity contribution in [2.75, 3.05) is 18.2 Å². The van der Waals surface area contributed by atoms with Crippen LogP contribution >= 0.6 is 11.8 Å². The molecule has 0 aromatic carbocycles. The number of nitrogens with zero attached hydrogens (tertiary/aromatic N) is 1. The van der Waals surface area contributed by atoms with E-state index in [1.807, 2.05) is 16.8 Å². The summed E-state index contributed by atoms with van der Waals surface area (Å²) in [4.78, 5) is 10.4. The SMILES string of the molecule is CC(=O)NN1CCSC1. The van der Waals surface area contributed by atoms with Crippen molar-refractivity contribution in [2.45, 2.75) is 6.92 Å². The minimum absolute atomic E-state index is 0.0255. The molecule has 0 unspecified atom stereocenters. The average molecular weight is 146 g/mol. The van der Waals surface area contributed by atoms with Gasteiger partial charge in [0.25, 0.3) is 0 Å². The van der Waals surface area contributed by atoms with Gasteiger partial charge in [-0.3, -0.25) is 10.2 Å². The molecular formula is C5H10N2OS. The predicted molar refractivity (Wildman–Crippen MR) is 37.8 cm³/mol. The summed E-state index contributed by atoms with van der Waals surface area (Å²) in [6.07, 6.45) is 0. The zero-order valence-electron chi connectivity index (χ0n) is 5.39. The van der Waals surface area contributed by atoms with Crippen molar-refractivity contribution in [3.8, 4) is 0 Å². The summed E-state index contributed by atoms with van der Waals surface area (Å²) in [5.41, 5.74) is 2.72. The maximum atomic E-state index is 10.4. The van der Waals surface area contributed by atoms with Gasteiger partial charge in [0.05, 0.1) is 5.88 Å². The molecule has 1 N–H and O–H groups in total. The van der Waals surface area contributed by atoms with Crippen molar-refractivity contribution >= 4 is 17.7 Å². The number of carbonyl (C=O) groups is 1. The van der Waals surface area contributed by atoms with Crippen LogP contribution in [-0.2, 0) is 4.79 Å². The Bertz CT molecular complexity index is 112. The lowest BCUT2D eigenvalue weighted by molar-refractivity contribution is -0.123. The van der Waals surface area contributed by atoms with E-state index in [-0.39, 0.29) is 5.91 Å².